The lowest BCUT2D eigenvalue weighted by Crippen LogP contribution is -2.60. The van der Waals surface area contributed by atoms with Crippen LogP contribution in [0.5, 0.6) is 0 Å². The molecule has 9 heteroatoms. The van der Waals surface area contributed by atoms with Crippen molar-refractivity contribution in [3.63, 3.8) is 0 Å². The molecule has 0 aromatic carbocycles. The summed E-state index contributed by atoms with van der Waals surface area (Å²) in [5.41, 5.74) is 0. The van der Waals surface area contributed by atoms with Gasteiger partial charge in [0.2, 0.25) is 5.91 Å². The number of nitrogens with one attached hydrogen (secondary N) is 1. The fraction of sp³-hybridized carbons (Fsp3) is 0.924. The van der Waals surface area contributed by atoms with Crippen molar-refractivity contribution >= 4 is 5.91 Å². The molecule has 6 N–H and O–H groups in total. The van der Waals surface area contributed by atoms with Crippen LogP contribution in [0.25, 0.3) is 0 Å². The number of aliphatic hydroxyl groups is 5. The van der Waals surface area contributed by atoms with Gasteiger partial charge in [0.05, 0.1) is 25.4 Å². The molecular formula is C66H127NO8. The van der Waals surface area contributed by atoms with Crippen molar-refractivity contribution in [3.05, 3.63) is 24.3 Å². The van der Waals surface area contributed by atoms with Crippen molar-refractivity contribution in [2.24, 2.45) is 0 Å². The highest BCUT2D eigenvalue weighted by atomic mass is 16.7. The van der Waals surface area contributed by atoms with Crippen LogP contribution in [0, 0.1) is 0 Å². The molecule has 0 aromatic rings. The summed E-state index contributed by atoms with van der Waals surface area (Å²) in [4.78, 5) is 13.1. The summed E-state index contributed by atoms with van der Waals surface area (Å²) >= 11 is 0. The van der Waals surface area contributed by atoms with E-state index in [0.717, 1.165) is 44.9 Å². The van der Waals surface area contributed by atoms with Gasteiger partial charge in [-0.15, -0.1) is 0 Å². The highest BCUT2D eigenvalue weighted by Gasteiger charge is 2.44. The Morgan fingerprint density at radius 3 is 1.15 bits per heavy atom. The first-order valence-corrected chi connectivity index (χ1v) is 33.0. The first-order chi connectivity index (χ1) is 36.8. The van der Waals surface area contributed by atoms with Crippen LogP contribution in [0.3, 0.4) is 0 Å². The summed E-state index contributed by atoms with van der Waals surface area (Å²) < 4.78 is 11.4. The van der Waals surface area contributed by atoms with Gasteiger partial charge in [-0.2, -0.15) is 0 Å². The molecule has 1 rings (SSSR count). The van der Waals surface area contributed by atoms with Gasteiger partial charge in [-0.05, 0) is 44.9 Å². The lowest BCUT2D eigenvalue weighted by atomic mass is 9.99. The maximum absolute atomic E-state index is 13.1. The summed E-state index contributed by atoms with van der Waals surface area (Å²) in [5, 5.41) is 54.8. The van der Waals surface area contributed by atoms with E-state index in [0.29, 0.717) is 12.8 Å². The lowest BCUT2D eigenvalue weighted by molar-refractivity contribution is -0.302. The van der Waals surface area contributed by atoms with Crippen LogP contribution in [-0.4, -0.2) is 87.5 Å². The maximum Gasteiger partial charge on any atom is 0.220 e. The first-order valence-electron chi connectivity index (χ1n) is 33.0. The number of rotatable bonds is 58. The number of allylic oxidation sites excluding steroid dienone is 4. The molecule has 0 radical (unpaired) electrons. The third-order valence-electron chi connectivity index (χ3n) is 16.1. The molecule has 7 unspecified atom stereocenters. The Hall–Kier alpha value is -1.33. The van der Waals surface area contributed by atoms with Crippen LogP contribution >= 0.6 is 0 Å². The fourth-order valence-corrected chi connectivity index (χ4v) is 10.8. The Morgan fingerprint density at radius 1 is 0.453 bits per heavy atom. The molecule has 0 saturated carbocycles. The van der Waals surface area contributed by atoms with Gasteiger partial charge in [-0.3, -0.25) is 4.79 Å². The minimum absolute atomic E-state index is 0.134. The van der Waals surface area contributed by atoms with Gasteiger partial charge >= 0.3 is 0 Å². The van der Waals surface area contributed by atoms with Crippen LogP contribution in [-0.2, 0) is 14.3 Å². The van der Waals surface area contributed by atoms with E-state index in [2.05, 4.69) is 43.5 Å². The highest BCUT2D eigenvalue weighted by Crippen LogP contribution is 2.24. The van der Waals surface area contributed by atoms with Crippen LogP contribution in [0.1, 0.15) is 335 Å². The topological polar surface area (TPSA) is 149 Å². The fourth-order valence-electron chi connectivity index (χ4n) is 10.8. The molecule has 0 bridgehead atoms. The molecule has 444 valence electrons. The monoisotopic (exact) mass is 1060 g/mol. The van der Waals surface area contributed by atoms with Gasteiger partial charge in [0.25, 0.3) is 0 Å². The number of aliphatic hydroxyl groups excluding tert-OH is 5. The standard InChI is InChI=1S/C66H127NO8/c1-3-5-7-9-11-13-15-17-19-21-23-25-26-27-28-29-30-31-32-33-34-36-38-40-42-44-46-48-50-52-54-56-62(70)67-59(58-74-66-65(73)64(72)63(71)61(57-68)75-66)60(69)55-53-51-49-47-45-43-41-39-37-35-24-22-20-18-16-14-12-10-8-6-4-2/h23,25,27-28,59-61,63-66,68-69,71-73H,3-22,24,26,29-58H2,1-2H3,(H,67,70)/b25-23-,28-27-. The molecule has 0 aromatic heterocycles. The summed E-state index contributed by atoms with van der Waals surface area (Å²) in [6.45, 7) is 3.89. The second-order valence-corrected chi connectivity index (χ2v) is 23.3. The summed E-state index contributed by atoms with van der Waals surface area (Å²) in [5.74, 6) is -0.138. The van der Waals surface area contributed by atoms with E-state index in [1.54, 1.807) is 0 Å². The number of carbonyl (C=O) groups is 1. The van der Waals surface area contributed by atoms with Crippen LogP contribution in [0.15, 0.2) is 24.3 Å². The van der Waals surface area contributed by atoms with E-state index in [1.807, 2.05) is 0 Å². The van der Waals surface area contributed by atoms with Crippen LogP contribution < -0.4 is 5.32 Å². The van der Waals surface area contributed by atoms with Gasteiger partial charge < -0.3 is 40.3 Å². The first kappa shape index (κ1) is 71.7. The molecule has 75 heavy (non-hydrogen) atoms. The third kappa shape index (κ3) is 45.1. The van der Waals surface area contributed by atoms with Crippen molar-refractivity contribution < 1.29 is 39.8 Å². The summed E-state index contributed by atoms with van der Waals surface area (Å²) in [7, 11) is 0. The average molecular weight is 1060 g/mol. The van der Waals surface area contributed by atoms with Crippen molar-refractivity contribution in [1.29, 1.82) is 0 Å². The summed E-state index contributed by atoms with van der Waals surface area (Å²) in [6, 6.07) is -0.718. The zero-order valence-electron chi connectivity index (χ0n) is 49.6. The average Bonchev–Trinajstić information content (AvgIpc) is 3.41. The molecule has 0 spiro atoms. The molecular weight excluding hydrogens is 935 g/mol. The van der Waals surface area contributed by atoms with E-state index in [-0.39, 0.29) is 12.5 Å². The predicted octanol–water partition coefficient (Wildman–Crippen LogP) is 17.3. The Morgan fingerprint density at radius 2 is 0.787 bits per heavy atom. The van der Waals surface area contributed by atoms with Gasteiger partial charge in [-0.25, -0.2) is 0 Å². The molecule has 1 aliphatic rings. The highest BCUT2D eigenvalue weighted by molar-refractivity contribution is 5.76. The Kier molecular flexibility index (Phi) is 53.5. The van der Waals surface area contributed by atoms with Crippen LogP contribution in [0.2, 0.25) is 0 Å². The van der Waals surface area contributed by atoms with Crippen molar-refractivity contribution in [2.75, 3.05) is 13.2 Å². The van der Waals surface area contributed by atoms with E-state index < -0.39 is 49.5 Å². The van der Waals surface area contributed by atoms with Gasteiger partial charge in [0.1, 0.15) is 24.4 Å². The Labute approximate surface area is 464 Å². The molecule has 0 aliphatic carbocycles. The molecule has 9 nitrogen and oxygen atoms in total. The van der Waals surface area contributed by atoms with Gasteiger partial charge in [0.15, 0.2) is 6.29 Å². The number of amides is 1. The quantitative estimate of drug-likeness (QED) is 0.0261. The number of hydrogen-bond acceptors (Lipinski definition) is 8. The zero-order chi connectivity index (χ0) is 54.3. The van der Waals surface area contributed by atoms with Crippen molar-refractivity contribution in [1.82, 2.24) is 5.32 Å². The van der Waals surface area contributed by atoms with E-state index >= 15 is 0 Å². The van der Waals surface area contributed by atoms with Crippen LogP contribution in [0.4, 0.5) is 0 Å². The third-order valence-corrected chi connectivity index (χ3v) is 16.1. The minimum atomic E-state index is -1.55. The van der Waals surface area contributed by atoms with E-state index in [9.17, 15) is 30.3 Å². The normalized spacial score (nSPS) is 18.9. The van der Waals surface area contributed by atoms with Crippen molar-refractivity contribution in [3.8, 4) is 0 Å². The smallest absolute Gasteiger partial charge is 0.220 e. The molecule has 1 fully saturated rings. The number of carbonyl (C=O) groups excluding carboxylic acids is 1. The van der Waals surface area contributed by atoms with Crippen molar-refractivity contribution in [2.45, 2.75) is 378 Å². The summed E-state index contributed by atoms with van der Waals surface area (Å²) in [6.07, 6.45) is 65.1. The minimum Gasteiger partial charge on any atom is -0.394 e. The zero-order valence-corrected chi connectivity index (χ0v) is 49.6. The Balaban J connectivity index is 2.12. The molecule has 1 amide bonds. The van der Waals surface area contributed by atoms with Gasteiger partial charge in [0, 0.05) is 6.42 Å². The predicted molar refractivity (Wildman–Crippen MR) is 318 cm³/mol. The molecule has 1 saturated heterocycles. The molecule has 7 atom stereocenters. The second kappa shape index (κ2) is 56.0. The Bertz CT molecular complexity index is 1230. The van der Waals surface area contributed by atoms with E-state index in [1.165, 1.54) is 263 Å². The largest absolute Gasteiger partial charge is 0.394 e. The number of unbranched alkanes of at least 4 members (excludes halogenated alkanes) is 44. The van der Waals surface area contributed by atoms with Gasteiger partial charge in [-0.1, -0.05) is 308 Å². The number of hydrogen-bond donors (Lipinski definition) is 6. The SMILES string of the molecule is CCCCCCCCCCC/C=C\C/C=C\CCCCCCCCCCCCCCCCCC(=O)NC(COC1OC(CO)C(O)C(O)C1O)C(O)CCCCCCCCCCCCCCCCCCCCCCC. The van der Waals surface area contributed by atoms with E-state index in [4.69, 9.17) is 9.47 Å². The lowest BCUT2D eigenvalue weighted by Gasteiger charge is -2.40. The molecule has 1 aliphatic heterocycles. The second-order valence-electron chi connectivity index (χ2n) is 23.3. The number of ether oxygens (including phenoxy) is 2. The molecule has 1 heterocycles. The maximum atomic E-state index is 13.1.